The van der Waals surface area contributed by atoms with Crippen molar-refractivity contribution < 1.29 is 4.79 Å². The van der Waals surface area contributed by atoms with Crippen LogP contribution >= 0.6 is 0 Å². The molecule has 0 spiro atoms. The maximum absolute atomic E-state index is 12.0. The van der Waals surface area contributed by atoms with Gasteiger partial charge in [-0.2, -0.15) is 0 Å². The molecule has 0 bridgehead atoms. The lowest BCUT2D eigenvalue weighted by Crippen LogP contribution is -2.36. The molecular formula is C20H30O. The molecule has 21 heavy (non-hydrogen) atoms. The van der Waals surface area contributed by atoms with E-state index in [4.69, 9.17) is 0 Å². The highest BCUT2D eigenvalue weighted by Crippen LogP contribution is 2.60. The highest BCUT2D eigenvalue weighted by Gasteiger charge is 2.49. The molecule has 0 aromatic heterocycles. The largest absolute Gasteiger partial charge is 0.295 e. The van der Waals surface area contributed by atoms with Crippen LogP contribution in [0.5, 0.6) is 0 Å². The van der Waals surface area contributed by atoms with E-state index in [1.165, 1.54) is 31.3 Å². The number of carbonyl (C=O) groups excluding carboxylic acids is 1. The summed E-state index contributed by atoms with van der Waals surface area (Å²) >= 11 is 0. The summed E-state index contributed by atoms with van der Waals surface area (Å²) in [5.41, 5.74) is 5.51. The first-order chi connectivity index (χ1) is 9.76. The Morgan fingerprint density at radius 3 is 2.57 bits per heavy atom. The molecule has 3 aliphatic rings. The van der Waals surface area contributed by atoms with E-state index in [0.717, 1.165) is 12.8 Å². The van der Waals surface area contributed by atoms with E-state index in [9.17, 15) is 4.79 Å². The van der Waals surface area contributed by atoms with Gasteiger partial charge in [0.2, 0.25) is 0 Å². The van der Waals surface area contributed by atoms with Crippen LogP contribution in [0, 0.1) is 22.7 Å². The van der Waals surface area contributed by atoms with Crippen molar-refractivity contribution >= 4 is 5.78 Å². The van der Waals surface area contributed by atoms with Crippen molar-refractivity contribution in [2.45, 2.75) is 73.1 Å². The van der Waals surface area contributed by atoms with Crippen LogP contribution in [0.4, 0.5) is 0 Å². The summed E-state index contributed by atoms with van der Waals surface area (Å²) in [6.07, 6.45) is 8.89. The van der Waals surface area contributed by atoms with E-state index in [1.54, 1.807) is 11.1 Å². The quantitative estimate of drug-likeness (QED) is 0.585. The van der Waals surface area contributed by atoms with E-state index in [0.29, 0.717) is 23.0 Å². The molecule has 3 atom stereocenters. The van der Waals surface area contributed by atoms with E-state index in [-0.39, 0.29) is 5.41 Å². The number of carbonyl (C=O) groups is 1. The summed E-state index contributed by atoms with van der Waals surface area (Å²) in [6.45, 7) is 11.9. The first-order valence-corrected chi connectivity index (χ1v) is 8.72. The van der Waals surface area contributed by atoms with Crippen LogP contribution in [0.3, 0.4) is 0 Å². The third-order valence-electron chi connectivity index (χ3n) is 6.82. The normalized spacial score (nSPS) is 40.0. The molecule has 0 saturated heterocycles. The molecule has 3 rings (SSSR count). The zero-order valence-electron chi connectivity index (χ0n) is 14.4. The van der Waals surface area contributed by atoms with Gasteiger partial charge in [0, 0.05) is 6.42 Å². The van der Waals surface area contributed by atoms with Crippen molar-refractivity contribution in [2.75, 3.05) is 0 Å². The molecule has 1 heteroatoms. The van der Waals surface area contributed by atoms with Crippen molar-refractivity contribution in [3.63, 3.8) is 0 Å². The number of ketones is 1. The van der Waals surface area contributed by atoms with Crippen LogP contribution in [0.2, 0.25) is 0 Å². The van der Waals surface area contributed by atoms with Gasteiger partial charge in [-0.05, 0) is 60.8 Å². The van der Waals surface area contributed by atoms with Crippen molar-refractivity contribution in [1.29, 1.82) is 0 Å². The van der Waals surface area contributed by atoms with Gasteiger partial charge in [-0.3, -0.25) is 4.79 Å². The Morgan fingerprint density at radius 2 is 1.90 bits per heavy atom. The number of fused-ring (bicyclic) bond motifs is 2. The van der Waals surface area contributed by atoms with Crippen molar-refractivity contribution in [3.05, 3.63) is 22.8 Å². The van der Waals surface area contributed by atoms with Gasteiger partial charge in [0.15, 0.2) is 5.78 Å². The van der Waals surface area contributed by atoms with Gasteiger partial charge in [0.05, 0.1) is 0 Å². The fraction of sp³-hybridized carbons (Fsp3) is 0.750. The predicted octanol–water partition coefficient (Wildman–Crippen LogP) is 5.46. The smallest absolute Gasteiger partial charge is 0.155 e. The molecule has 0 amide bonds. The highest BCUT2D eigenvalue weighted by molar-refractivity contribution is 5.92. The topological polar surface area (TPSA) is 17.1 Å². The molecule has 0 aromatic rings. The number of hydrogen-bond donors (Lipinski definition) is 0. The van der Waals surface area contributed by atoms with Gasteiger partial charge in [0.25, 0.3) is 0 Å². The van der Waals surface area contributed by atoms with Crippen LogP contribution in [-0.2, 0) is 4.79 Å². The molecule has 3 aliphatic carbocycles. The van der Waals surface area contributed by atoms with Crippen LogP contribution in [0.25, 0.3) is 0 Å². The Morgan fingerprint density at radius 1 is 1.19 bits per heavy atom. The zero-order valence-corrected chi connectivity index (χ0v) is 14.4. The summed E-state index contributed by atoms with van der Waals surface area (Å²) < 4.78 is 0. The van der Waals surface area contributed by atoms with Crippen LogP contribution < -0.4 is 0 Å². The second-order valence-corrected chi connectivity index (χ2v) is 8.55. The van der Waals surface area contributed by atoms with E-state index >= 15 is 0 Å². The summed E-state index contributed by atoms with van der Waals surface area (Å²) in [7, 11) is 0. The molecule has 0 aromatic carbocycles. The van der Waals surface area contributed by atoms with E-state index in [1.807, 2.05) is 6.08 Å². The summed E-state index contributed by atoms with van der Waals surface area (Å²) in [5.74, 6) is 1.53. The van der Waals surface area contributed by atoms with Gasteiger partial charge in [-0.1, -0.05) is 51.3 Å². The third-order valence-corrected chi connectivity index (χ3v) is 6.82. The maximum Gasteiger partial charge on any atom is 0.155 e. The van der Waals surface area contributed by atoms with Crippen LogP contribution in [0.15, 0.2) is 22.8 Å². The van der Waals surface area contributed by atoms with Crippen LogP contribution in [-0.4, -0.2) is 5.78 Å². The Bertz CT molecular complexity index is 536. The third kappa shape index (κ3) is 2.24. The Hall–Kier alpha value is -0.850. The molecule has 0 unspecified atom stereocenters. The molecular weight excluding hydrogens is 256 g/mol. The molecule has 116 valence electrons. The van der Waals surface area contributed by atoms with Crippen LogP contribution in [0.1, 0.15) is 73.1 Å². The summed E-state index contributed by atoms with van der Waals surface area (Å²) in [6, 6.07) is 0. The lowest BCUT2D eigenvalue weighted by Gasteiger charge is -2.44. The standard InChI is InChI=1S/C20H30O/c1-13(2)17-8-9-19(4)12-20(5)14(3)10-16(21)11-15(20)6-7-18(17)19/h11,13-14H,6-10,12H2,1-5H3/t14-,19-,20+/m1/s1. The first-order valence-electron chi connectivity index (χ1n) is 8.72. The fourth-order valence-corrected chi connectivity index (χ4v) is 5.37. The number of rotatable bonds is 1. The van der Waals surface area contributed by atoms with E-state index in [2.05, 4.69) is 34.6 Å². The number of allylic oxidation sites excluding steroid dienone is 4. The lowest BCUT2D eigenvalue weighted by atomic mass is 9.60. The van der Waals surface area contributed by atoms with Gasteiger partial charge in [-0.25, -0.2) is 0 Å². The lowest BCUT2D eigenvalue weighted by molar-refractivity contribution is -0.117. The Kier molecular flexibility index (Phi) is 3.46. The van der Waals surface area contributed by atoms with Crippen molar-refractivity contribution in [3.8, 4) is 0 Å². The van der Waals surface area contributed by atoms with Crippen molar-refractivity contribution in [1.82, 2.24) is 0 Å². The van der Waals surface area contributed by atoms with Gasteiger partial charge < -0.3 is 0 Å². The maximum atomic E-state index is 12.0. The molecule has 1 saturated carbocycles. The average molecular weight is 286 g/mol. The second-order valence-electron chi connectivity index (χ2n) is 8.55. The SMILES string of the molecule is CC(C)C1=C2CCC3=CC(=O)C[C@@H](C)[C@]3(C)C[C@@]2(C)CC1. The predicted molar refractivity (Wildman–Crippen MR) is 88.0 cm³/mol. The first kappa shape index (κ1) is 15.1. The zero-order chi connectivity index (χ0) is 15.4. The van der Waals surface area contributed by atoms with E-state index < -0.39 is 0 Å². The molecule has 0 N–H and O–H groups in total. The average Bonchev–Trinajstić information content (AvgIpc) is 2.64. The molecule has 0 aliphatic heterocycles. The monoisotopic (exact) mass is 286 g/mol. The van der Waals surface area contributed by atoms with Gasteiger partial charge >= 0.3 is 0 Å². The fourth-order valence-electron chi connectivity index (χ4n) is 5.37. The molecule has 0 heterocycles. The minimum atomic E-state index is 0.233. The van der Waals surface area contributed by atoms with Gasteiger partial charge in [-0.15, -0.1) is 0 Å². The highest BCUT2D eigenvalue weighted by atomic mass is 16.1. The second kappa shape index (κ2) is 4.83. The molecule has 1 fully saturated rings. The minimum absolute atomic E-state index is 0.233. The molecule has 0 radical (unpaired) electrons. The van der Waals surface area contributed by atoms with Gasteiger partial charge in [0.1, 0.15) is 0 Å². The summed E-state index contributed by atoms with van der Waals surface area (Å²) in [4.78, 5) is 12.0. The Balaban J connectivity index is 2.06. The van der Waals surface area contributed by atoms with Crippen molar-refractivity contribution in [2.24, 2.45) is 22.7 Å². The number of hydrogen-bond acceptors (Lipinski definition) is 1. The Labute approximate surface area is 129 Å². The molecule has 1 nitrogen and oxygen atoms in total. The summed E-state index contributed by atoms with van der Waals surface area (Å²) in [5, 5.41) is 0. The minimum Gasteiger partial charge on any atom is -0.295 e.